The number of nitrogens with zero attached hydrogens (tertiary/aromatic N) is 1. The first-order valence-corrected chi connectivity index (χ1v) is 7.54. The lowest BCUT2D eigenvalue weighted by molar-refractivity contribution is 0.237. The third-order valence-corrected chi connectivity index (χ3v) is 4.51. The van der Waals surface area contributed by atoms with Crippen molar-refractivity contribution in [1.29, 1.82) is 0 Å². The molecule has 2 nitrogen and oxygen atoms in total. The summed E-state index contributed by atoms with van der Waals surface area (Å²) in [7, 11) is 0. The average Bonchev–Trinajstić information content (AvgIpc) is 2.62. The fourth-order valence-electron chi connectivity index (χ4n) is 2.74. The molecule has 0 radical (unpaired) electrons. The van der Waals surface area contributed by atoms with E-state index in [1.54, 1.807) is 0 Å². The van der Waals surface area contributed by atoms with Crippen LogP contribution < -0.4 is 5.32 Å². The maximum Gasteiger partial charge on any atom is 0.0220 e. The van der Waals surface area contributed by atoms with E-state index >= 15 is 0 Å². The molecule has 2 heteroatoms. The minimum Gasteiger partial charge on any atom is -0.312 e. The SMILES string of the molecule is CCCNC(CN1CC(C)C(C)C1)C(C)CC. The van der Waals surface area contributed by atoms with Crippen molar-refractivity contribution in [3.8, 4) is 0 Å². The highest BCUT2D eigenvalue weighted by Gasteiger charge is 2.28. The number of likely N-dealkylation sites (tertiary alicyclic amines) is 1. The van der Waals surface area contributed by atoms with Gasteiger partial charge in [0, 0.05) is 25.7 Å². The Balaban J connectivity index is 2.42. The second-order valence-electron chi connectivity index (χ2n) is 6.12. The lowest BCUT2D eigenvalue weighted by Crippen LogP contribution is -2.44. The number of hydrogen-bond acceptors (Lipinski definition) is 2. The highest BCUT2D eigenvalue weighted by molar-refractivity contribution is 4.83. The van der Waals surface area contributed by atoms with Gasteiger partial charge in [0.05, 0.1) is 0 Å². The summed E-state index contributed by atoms with van der Waals surface area (Å²) in [6, 6.07) is 0.678. The van der Waals surface area contributed by atoms with Gasteiger partial charge >= 0.3 is 0 Å². The second kappa shape index (κ2) is 7.38. The summed E-state index contributed by atoms with van der Waals surface area (Å²) in [6.45, 7) is 16.7. The van der Waals surface area contributed by atoms with Crippen molar-refractivity contribution < 1.29 is 0 Å². The summed E-state index contributed by atoms with van der Waals surface area (Å²) in [5, 5.41) is 3.73. The zero-order valence-electron chi connectivity index (χ0n) is 12.5. The van der Waals surface area contributed by atoms with E-state index in [1.165, 1.54) is 32.5 Å². The maximum absolute atomic E-state index is 3.73. The summed E-state index contributed by atoms with van der Waals surface area (Å²) < 4.78 is 0. The van der Waals surface area contributed by atoms with E-state index in [2.05, 4.69) is 44.8 Å². The van der Waals surface area contributed by atoms with Gasteiger partial charge in [-0.3, -0.25) is 0 Å². The van der Waals surface area contributed by atoms with Crippen molar-refractivity contribution >= 4 is 0 Å². The number of rotatable bonds is 7. The molecule has 4 unspecified atom stereocenters. The molecule has 1 fully saturated rings. The van der Waals surface area contributed by atoms with Gasteiger partial charge in [0.2, 0.25) is 0 Å². The Kier molecular flexibility index (Phi) is 6.50. The summed E-state index contributed by atoms with van der Waals surface area (Å²) in [5.41, 5.74) is 0. The Morgan fingerprint density at radius 3 is 2.24 bits per heavy atom. The van der Waals surface area contributed by atoms with E-state index in [0.29, 0.717) is 6.04 Å². The predicted molar refractivity (Wildman–Crippen MR) is 76.3 cm³/mol. The quantitative estimate of drug-likeness (QED) is 0.736. The van der Waals surface area contributed by atoms with Crippen molar-refractivity contribution in [2.24, 2.45) is 17.8 Å². The summed E-state index contributed by atoms with van der Waals surface area (Å²) in [5.74, 6) is 2.53. The zero-order chi connectivity index (χ0) is 12.8. The largest absolute Gasteiger partial charge is 0.312 e. The standard InChI is InChI=1S/C15H32N2/c1-6-8-16-15(12(3)7-2)11-17-9-13(4)14(5)10-17/h12-16H,6-11H2,1-5H3. The Morgan fingerprint density at radius 2 is 1.76 bits per heavy atom. The molecule has 0 aromatic carbocycles. The van der Waals surface area contributed by atoms with Gasteiger partial charge < -0.3 is 10.2 Å². The fourth-order valence-corrected chi connectivity index (χ4v) is 2.74. The van der Waals surface area contributed by atoms with Crippen LogP contribution in [0.2, 0.25) is 0 Å². The molecule has 1 saturated heterocycles. The Bertz CT molecular complexity index is 195. The predicted octanol–water partition coefficient (Wildman–Crippen LogP) is 2.99. The third-order valence-electron chi connectivity index (χ3n) is 4.51. The van der Waals surface area contributed by atoms with Crippen molar-refractivity contribution in [2.45, 2.75) is 53.5 Å². The molecular weight excluding hydrogens is 208 g/mol. The Morgan fingerprint density at radius 1 is 1.18 bits per heavy atom. The minimum absolute atomic E-state index is 0.678. The highest BCUT2D eigenvalue weighted by Crippen LogP contribution is 2.23. The summed E-state index contributed by atoms with van der Waals surface area (Å²) in [6.07, 6.45) is 2.51. The molecule has 0 saturated carbocycles. The summed E-state index contributed by atoms with van der Waals surface area (Å²) >= 11 is 0. The monoisotopic (exact) mass is 240 g/mol. The van der Waals surface area contributed by atoms with Crippen LogP contribution in [0.3, 0.4) is 0 Å². The molecule has 4 atom stereocenters. The van der Waals surface area contributed by atoms with Crippen LogP contribution in [0.15, 0.2) is 0 Å². The summed E-state index contributed by atoms with van der Waals surface area (Å²) in [4.78, 5) is 2.66. The molecule has 1 N–H and O–H groups in total. The van der Waals surface area contributed by atoms with Crippen LogP contribution >= 0.6 is 0 Å². The van der Waals surface area contributed by atoms with Crippen LogP contribution in [0.5, 0.6) is 0 Å². The van der Waals surface area contributed by atoms with E-state index in [1.807, 2.05) is 0 Å². The zero-order valence-corrected chi connectivity index (χ0v) is 12.5. The van der Waals surface area contributed by atoms with Gasteiger partial charge in [0.25, 0.3) is 0 Å². The van der Waals surface area contributed by atoms with Crippen LogP contribution in [-0.4, -0.2) is 37.1 Å². The molecule has 1 aliphatic rings. The Hall–Kier alpha value is -0.0800. The first kappa shape index (κ1) is 15.0. The van der Waals surface area contributed by atoms with Gasteiger partial charge in [0.1, 0.15) is 0 Å². The average molecular weight is 240 g/mol. The molecule has 0 aromatic heterocycles. The van der Waals surface area contributed by atoms with Crippen molar-refractivity contribution in [1.82, 2.24) is 10.2 Å². The maximum atomic E-state index is 3.73. The van der Waals surface area contributed by atoms with Crippen molar-refractivity contribution in [2.75, 3.05) is 26.2 Å². The topological polar surface area (TPSA) is 15.3 Å². The lowest BCUT2D eigenvalue weighted by Gasteiger charge is -2.29. The fraction of sp³-hybridized carbons (Fsp3) is 1.00. The molecule has 1 aliphatic heterocycles. The minimum atomic E-state index is 0.678. The van der Waals surface area contributed by atoms with Gasteiger partial charge in [-0.15, -0.1) is 0 Å². The molecule has 0 amide bonds. The molecule has 0 aromatic rings. The number of hydrogen-bond donors (Lipinski definition) is 1. The lowest BCUT2D eigenvalue weighted by atomic mass is 9.98. The molecule has 17 heavy (non-hydrogen) atoms. The van der Waals surface area contributed by atoms with Crippen molar-refractivity contribution in [3.63, 3.8) is 0 Å². The van der Waals surface area contributed by atoms with Crippen LogP contribution in [0.25, 0.3) is 0 Å². The smallest absolute Gasteiger partial charge is 0.0220 e. The van der Waals surface area contributed by atoms with Crippen LogP contribution in [-0.2, 0) is 0 Å². The number of nitrogens with one attached hydrogen (secondary N) is 1. The molecule has 0 spiro atoms. The van der Waals surface area contributed by atoms with E-state index in [-0.39, 0.29) is 0 Å². The highest BCUT2D eigenvalue weighted by atomic mass is 15.2. The van der Waals surface area contributed by atoms with Gasteiger partial charge in [-0.05, 0) is 30.7 Å². The third kappa shape index (κ3) is 4.59. The molecule has 1 heterocycles. The van der Waals surface area contributed by atoms with E-state index in [9.17, 15) is 0 Å². The van der Waals surface area contributed by atoms with Gasteiger partial charge in [0.15, 0.2) is 0 Å². The van der Waals surface area contributed by atoms with E-state index in [4.69, 9.17) is 0 Å². The van der Waals surface area contributed by atoms with Gasteiger partial charge in [-0.1, -0.05) is 41.0 Å². The van der Waals surface area contributed by atoms with E-state index in [0.717, 1.165) is 24.3 Å². The first-order valence-electron chi connectivity index (χ1n) is 7.54. The van der Waals surface area contributed by atoms with Crippen LogP contribution in [0, 0.1) is 17.8 Å². The Labute approximate surface area is 108 Å². The van der Waals surface area contributed by atoms with Crippen LogP contribution in [0.1, 0.15) is 47.5 Å². The van der Waals surface area contributed by atoms with E-state index < -0.39 is 0 Å². The molecule has 102 valence electrons. The molecule has 0 bridgehead atoms. The first-order chi connectivity index (χ1) is 8.08. The molecule has 0 aliphatic carbocycles. The van der Waals surface area contributed by atoms with Crippen molar-refractivity contribution in [3.05, 3.63) is 0 Å². The molecule has 1 rings (SSSR count). The normalized spacial score (nSPS) is 29.5. The second-order valence-corrected chi connectivity index (χ2v) is 6.12. The van der Waals surface area contributed by atoms with Crippen LogP contribution in [0.4, 0.5) is 0 Å². The van der Waals surface area contributed by atoms with Gasteiger partial charge in [-0.2, -0.15) is 0 Å². The van der Waals surface area contributed by atoms with Gasteiger partial charge in [-0.25, -0.2) is 0 Å². The molecular formula is C15H32N2.